The average molecular weight is 483 g/mol. The van der Waals surface area contributed by atoms with Gasteiger partial charge in [0.1, 0.15) is 23.3 Å². The molecule has 0 saturated heterocycles. The number of nitriles is 1. The summed E-state index contributed by atoms with van der Waals surface area (Å²) in [6.07, 6.45) is 4.35. The molecule has 0 spiro atoms. The lowest BCUT2D eigenvalue weighted by molar-refractivity contribution is -0.112. The summed E-state index contributed by atoms with van der Waals surface area (Å²) in [5.41, 5.74) is 1.40. The minimum Gasteiger partial charge on any atom is -0.493 e. The molecular formula is C24H23ClN4O3S. The third-order valence-electron chi connectivity index (χ3n) is 4.64. The van der Waals surface area contributed by atoms with E-state index in [-0.39, 0.29) is 12.2 Å². The van der Waals surface area contributed by atoms with Gasteiger partial charge in [-0.25, -0.2) is 0 Å². The predicted molar refractivity (Wildman–Crippen MR) is 130 cm³/mol. The minimum absolute atomic E-state index is 0.0629. The number of hydrogen-bond donors (Lipinski definition) is 1. The number of aryl methyl sites for hydroxylation is 1. The summed E-state index contributed by atoms with van der Waals surface area (Å²) in [5, 5.41) is 22.0. The van der Waals surface area contributed by atoms with Gasteiger partial charge >= 0.3 is 0 Å². The van der Waals surface area contributed by atoms with Crippen LogP contribution in [0.15, 0.2) is 48.0 Å². The van der Waals surface area contributed by atoms with Crippen LogP contribution in [0.25, 0.3) is 6.08 Å². The van der Waals surface area contributed by atoms with Gasteiger partial charge < -0.3 is 9.47 Å². The molecule has 1 aromatic heterocycles. The number of hydrogen-bond acceptors (Lipinski definition) is 7. The van der Waals surface area contributed by atoms with Crippen molar-refractivity contribution in [3.05, 3.63) is 69.2 Å². The summed E-state index contributed by atoms with van der Waals surface area (Å²) in [7, 11) is 1.52. The van der Waals surface area contributed by atoms with Gasteiger partial charge in [0.15, 0.2) is 11.5 Å². The lowest BCUT2D eigenvalue weighted by atomic mass is 10.1. The molecule has 0 aliphatic carbocycles. The Kier molecular flexibility index (Phi) is 8.81. The molecule has 3 aromatic rings. The maximum absolute atomic E-state index is 12.6. The molecular weight excluding hydrogens is 460 g/mol. The second kappa shape index (κ2) is 12.0. The van der Waals surface area contributed by atoms with E-state index in [1.165, 1.54) is 24.5 Å². The molecule has 0 aliphatic heterocycles. The molecule has 0 atom stereocenters. The standard InChI is InChI=1S/C24H23ClN4O3S/c1-3-4-9-22-28-29-24(33-22)27-23(30)18(14-26)12-16-10-11-20(21(13-16)31-2)32-15-17-7-5-6-8-19(17)25/h5-8,10-13H,3-4,9,15H2,1-2H3,(H,27,29,30)/b18-12-. The van der Waals surface area contributed by atoms with Gasteiger partial charge in [-0.2, -0.15) is 5.26 Å². The highest BCUT2D eigenvalue weighted by Crippen LogP contribution is 2.30. The Hall–Kier alpha value is -3.41. The number of nitrogens with zero attached hydrogens (tertiary/aromatic N) is 3. The summed E-state index contributed by atoms with van der Waals surface area (Å²) >= 11 is 7.49. The van der Waals surface area contributed by atoms with E-state index in [0.29, 0.717) is 27.2 Å². The molecule has 170 valence electrons. The zero-order valence-corrected chi connectivity index (χ0v) is 19.9. The van der Waals surface area contributed by atoms with E-state index < -0.39 is 5.91 Å². The van der Waals surface area contributed by atoms with Crippen molar-refractivity contribution in [3.8, 4) is 17.6 Å². The van der Waals surface area contributed by atoms with Crippen molar-refractivity contribution in [2.75, 3.05) is 12.4 Å². The predicted octanol–water partition coefficient (Wildman–Crippen LogP) is 5.67. The number of unbranched alkanes of at least 4 members (excludes halogenated alkanes) is 1. The van der Waals surface area contributed by atoms with Gasteiger partial charge in [0.25, 0.3) is 5.91 Å². The van der Waals surface area contributed by atoms with Crippen LogP contribution in [0.4, 0.5) is 5.13 Å². The highest BCUT2D eigenvalue weighted by Gasteiger charge is 2.14. The monoisotopic (exact) mass is 482 g/mol. The Bertz CT molecular complexity index is 1190. The number of rotatable bonds is 10. The van der Waals surface area contributed by atoms with Crippen LogP contribution in [-0.2, 0) is 17.8 Å². The lowest BCUT2D eigenvalue weighted by Crippen LogP contribution is -2.13. The van der Waals surface area contributed by atoms with Crippen molar-refractivity contribution in [3.63, 3.8) is 0 Å². The second-order valence-corrected chi connectivity index (χ2v) is 8.49. The fourth-order valence-corrected chi connectivity index (χ4v) is 3.84. The lowest BCUT2D eigenvalue weighted by Gasteiger charge is -2.12. The molecule has 0 radical (unpaired) electrons. The summed E-state index contributed by atoms with van der Waals surface area (Å²) in [5.74, 6) is 0.442. The Morgan fingerprint density at radius 3 is 2.79 bits per heavy atom. The number of amides is 1. The van der Waals surface area contributed by atoms with Gasteiger partial charge in [-0.15, -0.1) is 10.2 Å². The number of methoxy groups -OCH3 is 1. The van der Waals surface area contributed by atoms with Gasteiger partial charge in [0.2, 0.25) is 5.13 Å². The zero-order chi connectivity index (χ0) is 23.6. The smallest absolute Gasteiger partial charge is 0.268 e. The first-order valence-electron chi connectivity index (χ1n) is 10.3. The van der Waals surface area contributed by atoms with E-state index in [2.05, 4.69) is 22.4 Å². The Morgan fingerprint density at radius 2 is 2.06 bits per heavy atom. The van der Waals surface area contributed by atoms with Crippen LogP contribution in [-0.4, -0.2) is 23.2 Å². The van der Waals surface area contributed by atoms with E-state index in [0.717, 1.165) is 29.8 Å². The molecule has 3 rings (SSSR count). The van der Waals surface area contributed by atoms with Crippen LogP contribution in [0.3, 0.4) is 0 Å². The number of anilines is 1. The SMILES string of the molecule is CCCCc1nnc(NC(=O)/C(C#N)=C\c2ccc(OCc3ccccc3Cl)c(OC)c2)s1. The minimum atomic E-state index is -0.547. The van der Waals surface area contributed by atoms with Crippen LogP contribution in [0.1, 0.15) is 35.9 Å². The summed E-state index contributed by atoms with van der Waals surface area (Å²) in [6.45, 7) is 2.37. The van der Waals surface area contributed by atoms with Crippen LogP contribution >= 0.6 is 22.9 Å². The van der Waals surface area contributed by atoms with Crippen LogP contribution < -0.4 is 14.8 Å². The maximum Gasteiger partial charge on any atom is 0.268 e. The molecule has 0 bridgehead atoms. The number of carbonyl (C=O) groups is 1. The van der Waals surface area contributed by atoms with E-state index in [4.69, 9.17) is 21.1 Å². The largest absolute Gasteiger partial charge is 0.493 e. The van der Waals surface area contributed by atoms with Crippen molar-refractivity contribution in [1.82, 2.24) is 10.2 Å². The first kappa shape index (κ1) is 24.2. The average Bonchev–Trinajstić information content (AvgIpc) is 3.27. The molecule has 33 heavy (non-hydrogen) atoms. The van der Waals surface area contributed by atoms with Crippen molar-refractivity contribution in [2.45, 2.75) is 32.8 Å². The van der Waals surface area contributed by atoms with Gasteiger partial charge in [-0.05, 0) is 36.3 Å². The van der Waals surface area contributed by atoms with E-state index in [1.807, 2.05) is 24.3 Å². The fourth-order valence-electron chi connectivity index (χ4n) is 2.88. The summed E-state index contributed by atoms with van der Waals surface area (Å²) in [6, 6.07) is 14.5. The number of carbonyl (C=O) groups excluding carboxylic acids is 1. The van der Waals surface area contributed by atoms with E-state index >= 15 is 0 Å². The highest BCUT2D eigenvalue weighted by atomic mass is 35.5. The number of halogens is 1. The Balaban J connectivity index is 1.71. The normalized spacial score (nSPS) is 11.0. The highest BCUT2D eigenvalue weighted by molar-refractivity contribution is 7.15. The number of aromatic nitrogens is 2. The number of benzene rings is 2. The molecule has 0 saturated carbocycles. The quantitative estimate of drug-likeness (QED) is 0.295. The van der Waals surface area contributed by atoms with Gasteiger partial charge in [0.05, 0.1) is 7.11 Å². The summed E-state index contributed by atoms with van der Waals surface area (Å²) < 4.78 is 11.3. The van der Waals surface area contributed by atoms with Crippen LogP contribution in [0.5, 0.6) is 11.5 Å². The van der Waals surface area contributed by atoms with E-state index in [9.17, 15) is 10.1 Å². The fraction of sp³-hybridized carbons (Fsp3) is 0.250. The number of nitrogens with one attached hydrogen (secondary N) is 1. The van der Waals surface area contributed by atoms with Crippen molar-refractivity contribution in [2.24, 2.45) is 0 Å². The second-order valence-electron chi connectivity index (χ2n) is 7.02. The molecule has 1 heterocycles. The first-order chi connectivity index (χ1) is 16.0. The third kappa shape index (κ3) is 6.78. The molecule has 7 nitrogen and oxygen atoms in total. The van der Waals surface area contributed by atoms with Crippen molar-refractivity contribution in [1.29, 1.82) is 5.26 Å². The number of ether oxygens (including phenoxy) is 2. The van der Waals surface area contributed by atoms with Crippen LogP contribution in [0.2, 0.25) is 5.02 Å². The van der Waals surface area contributed by atoms with Crippen molar-refractivity contribution >= 4 is 40.1 Å². The Labute approximate surface area is 201 Å². The summed E-state index contributed by atoms with van der Waals surface area (Å²) in [4.78, 5) is 12.6. The molecule has 0 unspecified atom stereocenters. The topological polar surface area (TPSA) is 97.1 Å². The van der Waals surface area contributed by atoms with Gasteiger partial charge in [-0.1, -0.05) is 60.5 Å². The maximum atomic E-state index is 12.6. The first-order valence-corrected chi connectivity index (χ1v) is 11.5. The zero-order valence-electron chi connectivity index (χ0n) is 18.3. The Morgan fingerprint density at radius 1 is 1.24 bits per heavy atom. The molecule has 1 N–H and O–H groups in total. The van der Waals surface area contributed by atoms with Crippen LogP contribution in [0, 0.1) is 11.3 Å². The molecule has 0 aliphatic rings. The van der Waals surface area contributed by atoms with Crippen molar-refractivity contribution < 1.29 is 14.3 Å². The molecule has 9 heteroatoms. The van der Waals surface area contributed by atoms with E-state index in [1.54, 1.807) is 24.3 Å². The molecule has 1 amide bonds. The molecule has 0 fully saturated rings. The van der Waals surface area contributed by atoms with Gasteiger partial charge in [-0.3, -0.25) is 10.1 Å². The molecule has 2 aromatic carbocycles. The third-order valence-corrected chi connectivity index (χ3v) is 5.90. The van der Waals surface area contributed by atoms with Gasteiger partial charge in [0, 0.05) is 17.0 Å².